The molecule has 18 aromatic carbocycles. The summed E-state index contributed by atoms with van der Waals surface area (Å²) in [6.45, 7) is 9.02. The molecule has 490 valence electrons. The second kappa shape index (κ2) is 24.2. The molecule has 0 N–H and O–H groups in total. The SMILES string of the molecule is Cc1cc(-c2ccc(N(c3ccc(-c4ccc5c6ccccc6c6ccccc6c5c4)cc3)c3c(C)cccc3-c3ccc4oc5ccccc5c4c3)c(C)c2)ccc1N(c1ccc(-c2ccc3c4ccccc4c4ccccc4c3c2)cc1)c1c(C)cccc1-c1ccc2oc3ccccc3c2c1. The van der Waals surface area contributed by atoms with Gasteiger partial charge < -0.3 is 18.6 Å². The Morgan fingerprint density at radius 1 is 0.183 bits per heavy atom. The standard InChI is InChI=1S/C100H68N2O2/c1-61-19-17-31-75(71-43-53-97-91(59-71)87-29-13-15-33-95(87)103-97)99(61)101(73-45-35-65(36-46-73)69-39-49-85-81-25-7-5-21-77(81)79-23-9-11-27-83(79)89(85)57-69)93-51-41-67(55-63(93)3)68-42-52-94(64(4)56-68)102(100-62(2)20-18-32-76(100)72-44-54-98-92(60-72)88-30-14-16-34-96(88)104-98)74-47-37-66(38-48-74)70-40-50-86-82-26-8-6-22-78(82)80-24-10-12-28-84(80)90(86)58-70/h5-60H,1-4H3. The van der Waals surface area contributed by atoms with E-state index in [9.17, 15) is 0 Å². The molecule has 104 heavy (non-hydrogen) atoms. The molecule has 4 heteroatoms. The van der Waals surface area contributed by atoms with E-state index in [1.54, 1.807) is 0 Å². The molecule has 2 aromatic heterocycles. The lowest BCUT2D eigenvalue weighted by Crippen LogP contribution is -2.14. The van der Waals surface area contributed by atoms with E-state index in [2.05, 4.69) is 365 Å². The molecule has 0 saturated carbocycles. The van der Waals surface area contributed by atoms with Gasteiger partial charge in [-0.2, -0.15) is 0 Å². The van der Waals surface area contributed by atoms with Gasteiger partial charge in [-0.1, -0.05) is 243 Å². The third-order valence-corrected chi connectivity index (χ3v) is 21.9. The maximum Gasteiger partial charge on any atom is 0.135 e. The predicted octanol–water partition coefficient (Wildman–Crippen LogP) is 28.9. The fourth-order valence-corrected chi connectivity index (χ4v) is 16.9. The van der Waals surface area contributed by atoms with Crippen LogP contribution in [0.25, 0.3) is 164 Å². The monoisotopic (exact) mass is 1330 g/mol. The Kier molecular flexibility index (Phi) is 14.1. The maximum atomic E-state index is 6.40. The van der Waals surface area contributed by atoms with Crippen LogP contribution in [0.5, 0.6) is 0 Å². The van der Waals surface area contributed by atoms with Crippen molar-refractivity contribution in [1.29, 1.82) is 0 Å². The van der Waals surface area contributed by atoms with Crippen molar-refractivity contribution in [2.75, 3.05) is 9.80 Å². The van der Waals surface area contributed by atoms with Crippen LogP contribution in [-0.2, 0) is 0 Å². The van der Waals surface area contributed by atoms with Gasteiger partial charge in [0, 0.05) is 55.4 Å². The number of para-hydroxylation sites is 4. The summed E-state index contributed by atoms with van der Waals surface area (Å²) in [5.74, 6) is 0. The van der Waals surface area contributed by atoms with Crippen molar-refractivity contribution < 1.29 is 8.83 Å². The van der Waals surface area contributed by atoms with Gasteiger partial charge in [-0.25, -0.2) is 0 Å². The average molecular weight is 1330 g/mol. The van der Waals surface area contributed by atoms with E-state index in [1.165, 1.54) is 75.8 Å². The molecule has 0 bridgehead atoms. The molecule has 0 aliphatic rings. The summed E-state index contributed by atoms with van der Waals surface area (Å²) in [4.78, 5) is 4.97. The molecule has 0 aliphatic carbocycles. The van der Waals surface area contributed by atoms with Gasteiger partial charge in [0.1, 0.15) is 22.3 Å². The van der Waals surface area contributed by atoms with E-state index >= 15 is 0 Å². The first kappa shape index (κ1) is 60.7. The molecule has 0 fully saturated rings. The number of furan rings is 2. The van der Waals surface area contributed by atoms with E-state index in [0.717, 1.165) is 145 Å². The van der Waals surface area contributed by atoms with Gasteiger partial charge in [0.2, 0.25) is 0 Å². The van der Waals surface area contributed by atoms with E-state index in [4.69, 9.17) is 8.83 Å². The van der Waals surface area contributed by atoms with Crippen molar-refractivity contribution in [3.8, 4) is 55.6 Å². The normalized spacial score (nSPS) is 11.8. The van der Waals surface area contributed by atoms with Crippen LogP contribution in [0, 0.1) is 27.7 Å². The zero-order valence-electron chi connectivity index (χ0n) is 58.0. The number of hydrogen-bond acceptors (Lipinski definition) is 4. The minimum Gasteiger partial charge on any atom is -0.456 e. The highest BCUT2D eigenvalue weighted by Crippen LogP contribution is 2.50. The topological polar surface area (TPSA) is 32.8 Å². The van der Waals surface area contributed by atoms with Crippen LogP contribution in [0.1, 0.15) is 22.3 Å². The third kappa shape index (κ3) is 9.89. The molecule has 0 atom stereocenters. The zero-order chi connectivity index (χ0) is 69.3. The van der Waals surface area contributed by atoms with Crippen molar-refractivity contribution in [1.82, 2.24) is 0 Å². The number of benzene rings is 18. The van der Waals surface area contributed by atoms with Gasteiger partial charge in [0.25, 0.3) is 0 Å². The second-order valence-corrected chi connectivity index (χ2v) is 28.0. The lowest BCUT2D eigenvalue weighted by molar-refractivity contribution is 0.668. The predicted molar refractivity (Wildman–Crippen MR) is 442 cm³/mol. The van der Waals surface area contributed by atoms with Crippen molar-refractivity contribution in [3.05, 3.63) is 362 Å². The molecular formula is C100H68N2O2. The largest absolute Gasteiger partial charge is 0.456 e. The van der Waals surface area contributed by atoms with Crippen LogP contribution in [0.15, 0.2) is 349 Å². The summed E-state index contributed by atoms with van der Waals surface area (Å²) in [6.07, 6.45) is 0. The van der Waals surface area contributed by atoms with Crippen molar-refractivity contribution in [3.63, 3.8) is 0 Å². The Hall–Kier alpha value is -13.3. The average Bonchev–Trinajstić information content (AvgIpc) is 1.21. The molecule has 0 amide bonds. The van der Waals surface area contributed by atoms with Crippen molar-refractivity contribution >= 4 is 143 Å². The van der Waals surface area contributed by atoms with E-state index < -0.39 is 0 Å². The first-order chi connectivity index (χ1) is 51.2. The fraction of sp³-hybridized carbons (Fsp3) is 0.0400. The minimum atomic E-state index is 0.876. The third-order valence-electron chi connectivity index (χ3n) is 21.9. The highest BCUT2D eigenvalue weighted by atomic mass is 16.3. The van der Waals surface area contributed by atoms with E-state index in [1.807, 2.05) is 12.1 Å². The Balaban J connectivity index is 0.705. The first-order valence-electron chi connectivity index (χ1n) is 35.9. The number of aryl methyl sites for hydroxylation is 4. The lowest BCUT2D eigenvalue weighted by Gasteiger charge is -2.31. The molecular weight excluding hydrogens is 1260 g/mol. The van der Waals surface area contributed by atoms with Crippen molar-refractivity contribution in [2.24, 2.45) is 0 Å². The summed E-state index contributed by atoms with van der Waals surface area (Å²) >= 11 is 0. The second-order valence-electron chi connectivity index (χ2n) is 28.0. The van der Waals surface area contributed by atoms with Gasteiger partial charge in [-0.3, -0.25) is 0 Å². The molecule has 2 heterocycles. The Bertz CT molecular complexity index is 6420. The molecule has 20 aromatic rings. The van der Waals surface area contributed by atoms with E-state index in [-0.39, 0.29) is 0 Å². The van der Waals surface area contributed by atoms with Crippen LogP contribution < -0.4 is 9.80 Å². The molecule has 20 rings (SSSR count). The summed E-state index contributed by atoms with van der Waals surface area (Å²) in [6, 6.07) is 125. The summed E-state index contributed by atoms with van der Waals surface area (Å²) < 4.78 is 12.8. The summed E-state index contributed by atoms with van der Waals surface area (Å²) in [5.41, 5.74) is 26.1. The van der Waals surface area contributed by atoms with Crippen LogP contribution in [-0.4, -0.2) is 0 Å². The molecule has 0 spiro atoms. The lowest BCUT2D eigenvalue weighted by atomic mass is 9.92. The van der Waals surface area contributed by atoms with Gasteiger partial charge in [-0.05, 0) is 256 Å². The number of fused-ring (bicyclic) bond motifs is 18. The van der Waals surface area contributed by atoms with Crippen LogP contribution >= 0.6 is 0 Å². The smallest absolute Gasteiger partial charge is 0.135 e. The first-order valence-corrected chi connectivity index (χ1v) is 35.9. The molecule has 4 nitrogen and oxygen atoms in total. The van der Waals surface area contributed by atoms with E-state index in [0.29, 0.717) is 0 Å². The minimum absolute atomic E-state index is 0.876. The Labute approximate surface area is 602 Å². The van der Waals surface area contributed by atoms with Gasteiger partial charge in [0.05, 0.1) is 11.4 Å². The maximum absolute atomic E-state index is 6.40. The molecule has 0 radical (unpaired) electrons. The van der Waals surface area contributed by atoms with Crippen LogP contribution in [0.4, 0.5) is 34.1 Å². The number of hydrogen-bond donors (Lipinski definition) is 0. The zero-order valence-corrected chi connectivity index (χ0v) is 58.0. The molecule has 0 aliphatic heterocycles. The van der Waals surface area contributed by atoms with Crippen molar-refractivity contribution in [2.45, 2.75) is 27.7 Å². The molecule has 0 saturated heterocycles. The summed E-state index contributed by atoms with van der Waals surface area (Å²) in [7, 11) is 0. The van der Waals surface area contributed by atoms with Gasteiger partial charge >= 0.3 is 0 Å². The fourth-order valence-electron chi connectivity index (χ4n) is 16.9. The number of anilines is 6. The molecule has 0 unspecified atom stereocenters. The van der Waals surface area contributed by atoms with Crippen LogP contribution in [0.3, 0.4) is 0 Å². The quantitative estimate of drug-likeness (QED) is 0.121. The highest BCUT2D eigenvalue weighted by molar-refractivity contribution is 6.27. The highest BCUT2D eigenvalue weighted by Gasteiger charge is 2.26. The van der Waals surface area contributed by atoms with Gasteiger partial charge in [0.15, 0.2) is 0 Å². The number of nitrogens with zero attached hydrogens (tertiary/aromatic N) is 2. The Morgan fingerprint density at radius 2 is 0.462 bits per heavy atom. The Morgan fingerprint density at radius 3 is 0.827 bits per heavy atom. The number of rotatable bonds is 11. The van der Waals surface area contributed by atoms with Gasteiger partial charge in [-0.15, -0.1) is 0 Å². The van der Waals surface area contributed by atoms with Crippen LogP contribution in [0.2, 0.25) is 0 Å². The summed E-state index contributed by atoms with van der Waals surface area (Å²) in [5, 5.41) is 19.6.